The van der Waals surface area contributed by atoms with E-state index in [9.17, 15) is 24.3 Å². The van der Waals surface area contributed by atoms with Gasteiger partial charge in [0.25, 0.3) is 5.56 Å². The van der Waals surface area contributed by atoms with Gasteiger partial charge in [0.05, 0.1) is 31.9 Å². The van der Waals surface area contributed by atoms with E-state index in [0.717, 1.165) is 6.33 Å². The highest BCUT2D eigenvalue weighted by Gasteiger charge is 2.61. The maximum atomic E-state index is 16.1. The lowest BCUT2D eigenvalue weighted by molar-refractivity contribution is -0.0717. The maximum Gasteiger partial charge on any atom is 0.472 e. The van der Waals surface area contributed by atoms with Gasteiger partial charge < -0.3 is 40.2 Å². The number of phosphoric ester groups is 1. The van der Waals surface area contributed by atoms with Gasteiger partial charge in [-0.1, -0.05) is 13.8 Å². The number of phosphoric acid groups is 1. The van der Waals surface area contributed by atoms with Crippen LogP contribution in [0.4, 0.5) is 16.2 Å². The first-order valence-corrected chi connectivity index (χ1v) is 18.1. The Bertz CT molecular complexity index is 2030. The third kappa shape index (κ3) is 5.37. The molecule has 1 saturated carbocycles. The number of hydrogen-bond acceptors (Lipinski definition) is 16. The van der Waals surface area contributed by atoms with Crippen LogP contribution in [0.5, 0.6) is 0 Å². The van der Waals surface area contributed by atoms with Gasteiger partial charge in [0, 0.05) is 5.41 Å². The molecule has 3 aliphatic rings. The number of fused-ring (bicyclic) bond motifs is 4. The molecule has 11 unspecified atom stereocenters. The van der Waals surface area contributed by atoms with Crippen LogP contribution in [-0.2, 0) is 39.2 Å². The summed E-state index contributed by atoms with van der Waals surface area (Å²) in [6.07, 6.45) is -5.99. The number of H-pyrrole nitrogens is 1. The highest BCUT2D eigenvalue weighted by molar-refractivity contribution is 8.07. The molecule has 7 rings (SSSR count). The molecule has 0 radical (unpaired) electrons. The number of ether oxygens (including phenoxy) is 1. The Kier molecular flexibility index (Phi) is 7.80. The van der Waals surface area contributed by atoms with Gasteiger partial charge in [-0.25, -0.2) is 28.9 Å². The summed E-state index contributed by atoms with van der Waals surface area (Å²) in [5.74, 6) is -0.864. The molecule has 2 aliphatic heterocycles. The van der Waals surface area contributed by atoms with Crippen molar-refractivity contribution in [3.63, 3.8) is 0 Å². The Hall–Kier alpha value is -3.01. The summed E-state index contributed by atoms with van der Waals surface area (Å²) in [6.45, 7) is -2.31. The number of rotatable bonds is 2. The molecule has 47 heavy (non-hydrogen) atoms. The van der Waals surface area contributed by atoms with Crippen molar-refractivity contribution in [2.75, 3.05) is 24.7 Å². The van der Waals surface area contributed by atoms with E-state index < -0.39 is 87.5 Å². The van der Waals surface area contributed by atoms with Crippen molar-refractivity contribution in [3.8, 4) is 0 Å². The number of imidazole rings is 2. The number of anilines is 2. The highest BCUT2D eigenvalue weighted by Crippen LogP contribution is 2.60. The van der Waals surface area contributed by atoms with Crippen LogP contribution >= 0.6 is 14.5 Å². The number of halogens is 1. The molecule has 8 N–H and O–H groups in total. The van der Waals surface area contributed by atoms with E-state index in [1.54, 1.807) is 13.8 Å². The molecule has 0 aromatic carbocycles. The minimum absolute atomic E-state index is 0.0383. The molecule has 1 aliphatic carbocycles. The predicted octanol–water partition coefficient (Wildman–Crippen LogP) is 0.0518. The molecule has 20 nitrogen and oxygen atoms in total. The van der Waals surface area contributed by atoms with E-state index in [2.05, 4.69) is 29.9 Å². The first-order chi connectivity index (χ1) is 22.1. The van der Waals surface area contributed by atoms with Gasteiger partial charge in [-0.2, -0.15) is 4.98 Å². The number of nitrogen functional groups attached to an aromatic ring is 2. The van der Waals surface area contributed by atoms with Crippen LogP contribution in [0.1, 0.15) is 26.1 Å². The number of nitrogens with two attached hydrogens (primary N) is 2. The number of alkyl halides is 1. The first kappa shape index (κ1) is 32.5. The van der Waals surface area contributed by atoms with Crippen LogP contribution in [0.15, 0.2) is 23.8 Å². The minimum Gasteiger partial charge on any atom is -0.388 e. The smallest absolute Gasteiger partial charge is 0.388 e. The topological polar surface area (TPSA) is 283 Å². The molecule has 24 heteroatoms. The second-order valence-electron chi connectivity index (χ2n) is 11.7. The molecule has 0 spiro atoms. The van der Waals surface area contributed by atoms with Gasteiger partial charge in [0.15, 0.2) is 35.0 Å². The fraction of sp³-hybridized carbons (Fsp3) is 0.565. The largest absolute Gasteiger partial charge is 0.472 e. The van der Waals surface area contributed by atoms with Crippen molar-refractivity contribution in [2.45, 2.75) is 56.7 Å². The van der Waals surface area contributed by atoms with E-state index in [0.29, 0.717) is 0 Å². The van der Waals surface area contributed by atoms with Crippen LogP contribution in [0.2, 0.25) is 0 Å². The molecule has 6 heterocycles. The Morgan fingerprint density at radius 2 is 1.83 bits per heavy atom. The van der Waals surface area contributed by atoms with Crippen molar-refractivity contribution < 1.29 is 46.7 Å². The second-order valence-corrected chi connectivity index (χ2v) is 15.9. The van der Waals surface area contributed by atoms with E-state index in [1.807, 2.05) is 0 Å². The second kappa shape index (κ2) is 11.3. The van der Waals surface area contributed by atoms with Crippen molar-refractivity contribution >= 4 is 60.4 Å². The number of nitrogens with one attached hydrogen (secondary N) is 1. The molecular formula is C23H29FN10O10P2S. The lowest BCUT2D eigenvalue weighted by atomic mass is 9.79. The zero-order valence-electron chi connectivity index (χ0n) is 24.4. The quantitative estimate of drug-likeness (QED) is 0.149. The minimum atomic E-state index is -5.03. The summed E-state index contributed by atoms with van der Waals surface area (Å²) in [7, 11) is -5.03. The van der Waals surface area contributed by atoms with E-state index in [4.69, 9.17) is 46.1 Å². The fourth-order valence-electron chi connectivity index (χ4n) is 6.46. The molecule has 3 fully saturated rings. The molecular weight excluding hydrogens is 689 g/mol. The summed E-state index contributed by atoms with van der Waals surface area (Å²) in [6, 6.07) is -0.976. The summed E-state index contributed by atoms with van der Waals surface area (Å²) in [4.78, 5) is 57.1. The van der Waals surface area contributed by atoms with Crippen molar-refractivity contribution in [1.29, 1.82) is 0 Å². The van der Waals surface area contributed by atoms with Crippen molar-refractivity contribution in [3.05, 3.63) is 29.3 Å². The first-order valence-electron chi connectivity index (χ1n) is 14.0. The van der Waals surface area contributed by atoms with Crippen LogP contribution < -0.4 is 17.0 Å². The molecule has 4 aromatic rings. The van der Waals surface area contributed by atoms with Gasteiger partial charge in [-0.15, -0.1) is 0 Å². The van der Waals surface area contributed by atoms with Gasteiger partial charge in [0.2, 0.25) is 5.95 Å². The molecule has 11 atom stereocenters. The average Bonchev–Trinajstić information content (AvgIpc) is 3.73. The Labute approximate surface area is 268 Å². The van der Waals surface area contributed by atoms with Gasteiger partial charge in [-0.05, 0) is 17.7 Å². The van der Waals surface area contributed by atoms with E-state index in [1.165, 1.54) is 21.8 Å². The zero-order valence-corrected chi connectivity index (χ0v) is 27.0. The standard InChI is InChI=1S/C23H29FN10O10P2S/c1-8-13(33-6-30-12-19(33)31-22(26)32-20(12)36)14(35)16-23(8,2)4-41-46(39,47)43-15-9(3-40-45(37,38)44-16)42-21(10(15)24)34-7-29-11-17(25)27-5-28-18(11)34/h5-10,13-16,21,35H,3-4H2,1-2H3,(H,37,38)(H,39,47)(H2,25,27,28)(H3,26,31,32,36). The van der Waals surface area contributed by atoms with Crippen LogP contribution in [0.25, 0.3) is 22.3 Å². The Morgan fingerprint density at radius 3 is 2.60 bits per heavy atom. The van der Waals surface area contributed by atoms with Gasteiger partial charge >= 0.3 is 14.5 Å². The predicted molar refractivity (Wildman–Crippen MR) is 161 cm³/mol. The number of nitrogens with zero attached hydrogens (tertiary/aromatic N) is 7. The molecule has 0 amide bonds. The summed E-state index contributed by atoms with van der Waals surface area (Å²) >= 11 is 5.28. The lowest BCUT2D eigenvalue weighted by Crippen LogP contribution is -2.42. The van der Waals surface area contributed by atoms with E-state index in [-0.39, 0.29) is 34.1 Å². The maximum absolute atomic E-state index is 16.1. The monoisotopic (exact) mass is 718 g/mol. The molecule has 2 saturated heterocycles. The van der Waals surface area contributed by atoms with Crippen LogP contribution in [0.3, 0.4) is 0 Å². The number of aliphatic hydroxyl groups is 1. The summed E-state index contributed by atoms with van der Waals surface area (Å²) in [5.41, 5.74) is 9.88. The zero-order chi connectivity index (χ0) is 33.6. The van der Waals surface area contributed by atoms with Gasteiger partial charge in [-0.3, -0.25) is 27.9 Å². The van der Waals surface area contributed by atoms with Crippen molar-refractivity contribution in [1.82, 2.24) is 39.0 Å². The number of aliphatic hydroxyl groups excluding tert-OH is 1. The highest BCUT2D eigenvalue weighted by atomic mass is 32.5. The third-order valence-corrected chi connectivity index (χ3v) is 11.5. The number of aromatic amines is 1. The molecule has 0 bridgehead atoms. The fourth-order valence-corrected chi connectivity index (χ4v) is 9.02. The molecule has 4 aromatic heterocycles. The van der Waals surface area contributed by atoms with E-state index >= 15 is 4.39 Å². The Morgan fingerprint density at radius 1 is 1.11 bits per heavy atom. The third-order valence-electron chi connectivity index (χ3n) is 9.00. The lowest BCUT2D eigenvalue weighted by Gasteiger charge is -2.37. The Balaban J connectivity index is 1.22. The SMILES string of the molecule is CC1C(n2cnc3c(=O)[nH]c(N)nc32)C(O)C2OP(=O)(O)OCC3OC(n4cnc5c(N)ncnc54)C(F)C3OP(O)(=S)OCC12C. The summed E-state index contributed by atoms with van der Waals surface area (Å²) < 4.78 is 60.2. The molecule has 254 valence electrons. The van der Waals surface area contributed by atoms with Crippen LogP contribution in [-0.4, -0.2) is 97.7 Å². The average molecular weight is 719 g/mol. The number of hydrogen-bond donors (Lipinski definition) is 6. The van der Waals surface area contributed by atoms with Gasteiger partial charge in [0.1, 0.15) is 36.3 Å². The van der Waals surface area contributed by atoms with Crippen molar-refractivity contribution in [2.24, 2.45) is 11.3 Å². The van der Waals surface area contributed by atoms with Crippen LogP contribution in [0, 0.1) is 11.3 Å². The normalized spacial score (nSPS) is 39.8. The number of aromatic nitrogens is 8. The summed E-state index contributed by atoms with van der Waals surface area (Å²) in [5, 5.41) is 11.6.